The molecule has 1 amide bonds. The largest absolute Gasteiger partial charge is 0.347 e. The van der Waals surface area contributed by atoms with E-state index in [0.29, 0.717) is 12.3 Å². The number of hydrogen-bond donors (Lipinski definition) is 0. The Morgan fingerprint density at radius 3 is 2.65 bits per heavy atom. The van der Waals surface area contributed by atoms with Gasteiger partial charge < -0.3 is 9.80 Å². The molecule has 1 fully saturated rings. The molecule has 0 spiro atoms. The van der Waals surface area contributed by atoms with E-state index in [1.54, 1.807) is 0 Å². The van der Waals surface area contributed by atoms with Crippen molar-refractivity contribution in [2.75, 3.05) is 30.4 Å². The van der Waals surface area contributed by atoms with Gasteiger partial charge in [0.2, 0.25) is 11.9 Å². The molecule has 1 aromatic carbocycles. The highest BCUT2D eigenvalue weighted by Crippen LogP contribution is 2.27. The Morgan fingerprint density at radius 2 is 1.96 bits per heavy atom. The molecule has 1 atom stereocenters. The van der Waals surface area contributed by atoms with E-state index in [1.165, 1.54) is 0 Å². The quantitative estimate of drug-likeness (QED) is 0.870. The zero-order valence-electron chi connectivity index (χ0n) is 13.9. The van der Waals surface area contributed by atoms with E-state index >= 15 is 0 Å². The standard InChI is InChI=1S/C18H22N4O/c1-13-9-15(20-18(19-13)21(2)3)10-14-11-17(23)22(12-14)16-7-5-4-6-8-16/h4-9,14H,10-12H2,1-3H3. The summed E-state index contributed by atoms with van der Waals surface area (Å²) < 4.78 is 0. The van der Waals surface area contributed by atoms with Gasteiger partial charge in [-0.15, -0.1) is 0 Å². The van der Waals surface area contributed by atoms with Crippen LogP contribution in [0.2, 0.25) is 0 Å². The highest BCUT2D eigenvalue weighted by molar-refractivity contribution is 5.95. The molecule has 0 bridgehead atoms. The highest BCUT2D eigenvalue weighted by atomic mass is 16.2. The van der Waals surface area contributed by atoms with Crippen LogP contribution in [-0.4, -0.2) is 36.5 Å². The molecule has 120 valence electrons. The van der Waals surface area contributed by atoms with Gasteiger partial charge >= 0.3 is 0 Å². The monoisotopic (exact) mass is 310 g/mol. The summed E-state index contributed by atoms with van der Waals surface area (Å²) in [6, 6.07) is 11.9. The molecule has 23 heavy (non-hydrogen) atoms. The molecule has 0 N–H and O–H groups in total. The van der Waals surface area contributed by atoms with E-state index < -0.39 is 0 Å². The van der Waals surface area contributed by atoms with Crippen LogP contribution in [0.4, 0.5) is 11.6 Å². The van der Waals surface area contributed by atoms with Crippen molar-refractivity contribution in [2.24, 2.45) is 5.92 Å². The molecular formula is C18H22N4O. The predicted octanol–water partition coefficient (Wildman–Crippen LogP) is 2.45. The molecule has 1 aliphatic rings. The Hall–Kier alpha value is -2.43. The fraction of sp³-hybridized carbons (Fsp3) is 0.389. The van der Waals surface area contributed by atoms with Crippen molar-refractivity contribution in [2.45, 2.75) is 19.8 Å². The zero-order valence-corrected chi connectivity index (χ0v) is 13.9. The van der Waals surface area contributed by atoms with Crippen molar-refractivity contribution in [1.82, 2.24) is 9.97 Å². The van der Waals surface area contributed by atoms with Gasteiger partial charge in [0.1, 0.15) is 0 Å². The van der Waals surface area contributed by atoms with E-state index in [9.17, 15) is 4.79 Å². The van der Waals surface area contributed by atoms with Crippen LogP contribution in [0.15, 0.2) is 36.4 Å². The Bertz CT molecular complexity index is 699. The molecule has 5 nitrogen and oxygen atoms in total. The fourth-order valence-corrected chi connectivity index (χ4v) is 2.99. The van der Waals surface area contributed by atoms with Gasteiger partial charge in [0, 0.05) is 44.1 Å². The second-order valence-electron chi connectivity index (χ2n) is 6.31. The van der Waals surface area contributed by atoms with E-state index in [1.807, 2.05) is 67.2 Å². The van der Waals surface area contributed by atoms with E-state index in [2.05, 4.69) is 9.97 Å². The summed E-state index contributed by atoms with van der Waals surface area (Å²) in [6.07, 6.45) is 1.38. The third kappa shape index (κ3) is 3.50. The Balaban J connectivity index is 1.74. The molecular weight excluding hydrogens is 288 g/mol. The van der Waals surface area contributed by atoms with Gasteiger partial charge in [-0.05, 0) is 37.5 Å². The summed E-state index contributed by atoms with van der Waals surface area (Å²) >= 11 is 0. The lowest BCUT2D eigenvalue weighted by molar-refractivity contribution is -0.117. The third-order valence-electron chi connectivity index (χ3n) is 4.07. The van der Waals surface area contributed by atoms with E-state index in [-0.39, 0.29) is 5.91 Å². The number of benzene rings is 1. The fourth-order valence-electron chi connectivity index (χ4n) is 2.99. The van der Waals surface area contributed by atoms with Gasteiger partial charge in [-0.3, -0.25) is 4.79 Å². The first-order chi connectivity index (χ1) is 11.0. The van der Waals surface area contributed by atoms with Crippen molar-refractivity contribution in [3.8, 4) is 0 Å². The van der Waals surface area contributed by atoms with Crippen molar-refractivity contribution >= 4 is 17.5 Å². The maximum Gasteiger partial charge on any atom is 0.227 e. The molecule has 1 aromatic heterocycles. The van der Waals surface area contributed by atoms with Crippen molar-refractivity contribution in [1.29, 1.82) is 0 Å². The molecule has 0 aliphatic carbocycles. The van der Waals surface area contributed by atoms with Crippen LogP contribution in [0.25, 0.3) is 0 Å². The first-order valence-electron chi connectivity index (χ1n) is 7.90. The number of para-hydroxylation sites is 1. The molecule has 5 heteroatoms. The van der Waals surface area contributed by atoms with Crippen LogP contribution in [0, 0.1) is 12.8 Å². The summed E-state index contributed by atoms with van der Waals surface area (Å²) in [4.78, 5) is 25.1. The van der Waals surface area contributed by atoms with Gasteiger partial charge in [0.05, 0.1) is 0 Å². The zero-order chi connectivity index (χ0) is 16.4. The normalized spacial score (nSPS) is 17.6. The molecule has 2 heterocycles. The minimum Gasteiger partial charge on any atom is -0.347 e. The number of aryl methyl sites for hydroxylation is 1. The van der Waals surface area contributed by atoms with Gasteiger partial charge in [-0.1, -0.05) is 18.2 Å². The third-order valence-corrected chi connectivity index (χ3v) is 4.07. The SMILES string of the molecule is Cc1cc(CC2CC(=O)N(c3ccccc3)C2)nc(N(C)C)n1. The second-order valence-corrected chi connectivity index (χ2v) is 6.31. The second kappa shape index (κ2) is 6.36. The summed E-state index contributed by atoms with van der Waals surface area (Å²) in [5, 5.41) is 0. The maximum absolute atomic E-state index is 12.3. The minimum absolute atomic E-state index is 0.194. The molecule has 0 saturated carbocycles. The van der Waals surface area contributed by atoms with Crippen LogP contribution in [0.1, 0.15) is 17.8 Å². The van der Waals surface area contributed by atoms with Gasteiger partial charge in [-0.2, -0.15) is 0 Å². The molecule has 0 radical (unpaired) electrons. The first-order valence-corrected chi connectivity index (χ1v) is 7.90. The smallest absolute Gasteiger partial charge is 0.227 e. The van der Waals surface area contributed by atoms with Crippen molar-refractivity contribution in [3.05, 3.63) is 47.8 Å². The van der Waals surface area contributed by atoms with Crippen LogP contribution < -0.4 is 9.80 Å². The number of carbonyl (C=O) groups excluding carboxylic acids is 1. The number of amides is 1. The van der Waals surface area contributed by atoms with Gasteiger partial charge in [0.25, 0.3) is 0 Å². The van der Waals surface area contributed by atoms with Gasteiger partial charge in [0.15, 0.2) is 0 Å². The topological polar surface area (TPSA) is 49.3 Å². The van der Waals surface area contributed by atoms with Gasteiger partial charge in [-0.25, -0.2) is 9.97 Å². The molecule has 1 saturated heterocycles. The number of nitrogens with zero attached hydrogens (tertiary/aromatic N) is 4. The summed E-state index contributed by atoms with van der Waals surface area (Å²) in [6.45, 7) is 2.73. The first kappa shape index (κ1) is 15.5. The average molecular weight is 310 g/mol. The van der Waals surface area contributed by atoms with E-state index in [4.69, 9.17) is 0 Å². The lowest BCUT2D eigenvalue weighted by atomic mass is 10.0. The van der Waals surface area contributed by atoms with Crippen LogP contribution >= 0.6 is 0 Å². The summed E-state index contributed by atoms with van der Waals surface area (Å²) in [7, 11) is 3.88. The minimum atomic E-state index is 0.194. The number of hydrogen-bond acceptors (Lipinski definition) is 4. The average Bonchev–Trinajstić information content (AvgIpc) is 2.88. The number of aromatic nitrogens is 2. The molecule has 3 rings (SSSR count). The maximum atomic E-state index is 12.3. The summed E-state index contributed by atoms with van der Waals surface area (Å²) in [5.41, 5.74) is 2.95. The Kier molecular flexibility index (Phi) is 4.28. The van der Waals surface area contributed by atoms with Crippen molar-refractivity contribution in [3.63, 3.8) is 0 Å². The Labute approximate surface area is 137 Å². The predicted molar refractivity (Wildman–Crippen MR) is 91.7 cm³/mol. The lowest BCUT2D eigenvalue weighted by Gasteiger charge is -2.17. The summed E-state index contributed by atoms with van der Waals surface area (Å²) in [5.74, 6) is 1.22. The van der Waals surface area contributed by atoms with Crippen molar-refractivity contribution < 1.29 is 4.79 Å². The number of carbonyl (C=O) groups is 1. The Morgan fingerprint density at radius 1 is 1.22 bits per heavy atom. The number of anilines is 2. The van der Waals surface area contributed by atoms with Crippen LogP contribution in [0.3, 0.4) is 0 Å². The van der Waals surface area contributed by atoms with Crippen LogP contribution in [-0.2, 0) is 11.2 Å². The molecule has 2 aromatic rings. The van der Waals surface area contributed by atoms with Crippen LogP contribution in [0.5, 0.6) is 0 Å². The highest BCUT2D eigenvalue weighted by Gasteiger charge is 2.30. The van der Waals surface area contributed by atoms with E-state index in [0.717, 1.165) is 36.0 Å². The molecule has 1 unspecified atom stereocenters. The number of rotatable bonds is 4. The lowest BCUT2D eigenvalue weighted by Crippen LogP contribution is -2.24. The molecule has 1 aliphatic heterocycles.